The SMILES string of the molecule is c1ccc(C2=NC(c3ccc4oc5ccc6c7ccccc7n(-c7cccc(-c8ccccc8)c7)c6c5c4c3)NC(c3ccc(-c4ccccc4)cc3)N2)cc1. The maximum atomic E-state index is 6.63. The molecular formula is C51H36N4O. The molecule has 10 aromatic rings. The first-order valence-corrected chi connectivity index (χ1v) is 19.1. The number of hydrogen-bond acceptors (Lipinski definition) is 4. The molecule has 2 atom stereocenters. The van der Waals surface area contributed by atoms with E-state index in [1.165, 1.54) is 33.0 Å². The first-order chi connectivity index (χ1) is 27.7. The summed E-state index contributed by atoms with van der Waals surface area (Å²) in [6.45, 7) is 0. The molecule has 0 aliphatic carbocycles. The largest absolute Gasteiger partial charge is 0.456 e. The topological polar surface area (TPSA) is 54.5 Å². The minimum Gasteiger partial charge on any atom is -0.456 e. The van der Waals surface area contributed by atoms with E-state index in [-0.39, 0.29) is 12.3 Å². The Morgan fingerprint density at radius 1 is 0.464 bits per heavy atom. The van der Waals surface area contributed by atoms with Crippen LogP contribution in [0.5, 0.6) is 0 Å². The van der Waals surface area contributed by atoms with Crippen LogP contribution < -0.4 is 10.6 Å². The molecule has 0 fully saturated rings. The molecule has 56 heavy (non-hydrogen) atoms. The molecule has 0 saturated carbocycles. The summed E-state index contributed by atoms with van der Waals surface area (Å²) in [5.41, 5.74) is 13.1. The third kappa shape index (κ3) is 5.48. The second-order valence-corrected chi connectivity index (χ2v) is 14.4. The average molecular weight is 721 g/mol. The average Bonchev–Trinajstić information content (AvgIpc) is 3.83. The van der Waals surface area contributed by atoms with Crippen LogP contribution in [0.2, 0.25) is 0 Å². The Bertz CT molecular complexity index is 3070. The Labute approximate surface area is 324 Å². The Balaban J connectivity index is 1.07. The van der Waals surface area contributed by atoms with Gasteiger partial charge in [-0.25, -0.2) is 4.99 Å². The molecular weight excluding hydrogens is 685 g/mol. The fraction of sp³-hybridized carbons (Fsp3) is 0.0392. The van der Waals surface area contributed by atoms with Gasteiger partial charge in [0, 0.05) is 27.4 Å². The highest BCUT2D eigenvalue weighted by Gasteiger charge is 2.27. The quantitative estimate of drug-likeness (QED) is 0.180. The monoisotopic (exact) mass is 720 g/mol. The number of furan rings is 1. The molecule has 5 nitrogen and oxygen atoms in total. The summed E-state index contributed by atoms with van der Waals surface area (Å²) in [7, 11) is 0. The van der Waals surface area contributed by atoms with E-state index in [0.29, 0.717) is 0 Å². The Kier molecular flexibility index (Phi) is 7.64. The zero-order valence-corrected chi connectivity index (χ0v) is 30.4. The van der Waals surface area contributed by atoms with Crippen molar-refractivity contribution >= 4 is 49.6 Å². The third-order valence-electron chi connectivity index (χ3n) is 11.1. The predicted molar refractivity (Wildman–Crippen MR) is 230 cm³/mol. The molecule has 0 spiro atoms. The van der Waals surface area contributed by atoms with Crippen molar-refractivity contribution in [3.05, 3.63) is 211 Å². The predicted octanol–water partition coefficient (Wildman–Crippen LogP) is 12.4. The van der Waals surface area contributed by atoms with E-state index >= 15 is 0 Å². The molecule has 2 unspecified atom stereocenters. The molecule has 8 aromatic carbocycles. The maximum absolute atomic E-state index is 6.63. The molecule has 2 N–H and O–H groups in total. The molecule has 0 amide bonds. The number of benzene rings is 8. The van der Waals surface area contributed by atoms with Crippen LogP contribution >= 0.6 is 0 Å². The Morgan fingerprint density at radius 3 is 1.86 bits per heavy atom. The fourth-order valence-corrected chi connectivity index (χ4v) is 8.37. The van der Waals surface area contributed by atoms with E-state index in [1.807, 2.05) is 6.07 Å². The third-order valence-corrected chi connectivity index (χ3v) is 11.1. The van der Waals surface area contributed by atoms with Gasteiger partial charge in [-0.05, 0) is 75.8 Å². The van der Waals surface area contributed by atoms with Crippen molar-refractivity contribution in [2.75, 3.05) is 0 Å². The van der Waals surface area contributed by atoms with Crippen LogP contribution in [0.3, 0.4) is 0 Å². The van der Waals surface area contributed by atoms with Gasteiger partial charge in [0.1, 0.15) is 29.3 Å². The van der Waals surface area contributed by atoms with Gasteiger partial charge < -0.3 is 14.3 Å². The molecule has 11 rings (SSSR count). The second kappa shape index (κ2) is 13.3. The lowest BCUT2D eigenvalue weighted by molar-refractivity contribution is 0.409. The number of para-hydroxylation sites is 1. The summed E-state index contributed by atoms with van der Waals surface area (Å²) < 4.78 is 9.04. The number of hydrogen-bond donors (Lipinski definition) is 2. The standard InChI is InChI=1S/C51H36N4O/c1-4-13-33(14-5-1)35-23-25-37(26-24-35)50-52-49(36-17-8-3-9-18-36)53-51(54-50)39-27-29-45-43(32-39)47-46(56-45)30-28-42-41-21-10-11-22-44(41)55(48(42)47)40-20-12-19-38(31-40)34-15-6-2-7-16-34/h1-32,50-51,54H,(H,52,53). The normalized spacial score (nSPS) is 15.7. The van der Waals surface area contributed by atoms with Gasteiger partial charge in [-0.2, -0.15) is 0 Å². The smallest absolute Gasteiger partial charge is 0.137 e. The highest BCUT2D eigenvalue weighted by atomic mass is 16.3. The number of amidine groups is 1. The van der Waals surface area contributed by atoms with Gasteiger partial charge in [0.05, 0.1) is 16.4 Å². The number of rotatable bonds is 6. The number of nitrogens with zero attached hydrogens (tertiary/aromatic N) is 2. The first kappa shape index (κ1) is 32.2. The van der Waals surface area contributed by atoms with Gasteiger partial charge in [0.2, 0.25) is 0 Å². The lowest BCUT2D eigenvalue weighted by Gasteiger charge is -2.32. The molecule has 0 saturated heterocycles. The number of nitrogens with one attached hydrogen (secondary N) is 2. The highest BCUT2D eigenvalue weighted by Crippen LogP contribution is 2.42. The van der Waals surface area contributed by atoms with Crippen molar-refractivity contribution in [1.82, 2.24) is 15.2 Å². The van der Waals surface area contributed by atoms with Crippen LogP contribution in [0.1, 0.15) is 29.0 Å². The summed E-state index contributed by atoms with van der Waals surface area (Å²) in [6, 6.07) is 68.6. The van der Waals surface area contributed by atoms with Crippen molar-refractivity contribution in [2.45, 2.75) is 12.3 Å². The van der Waals surface area contributed by atoms with Crippen molar-refractivity contribution in [3.63, 3.8) is 0 Å². The van der Waals surface area contributed by atoms with Crippen LogP contribution in [-0.2, 0) is 0 Å². The highest BCUT2D eigenvalue weighted by molar-refractivity contribution is 6.24. The second-order valence-electron chi connectivity index (χ2n) is 14.4. The molecule has 266 valence electrons. The van der Waals surface area contributed by atoms with E-state index in [0.717, 1.165) is 61.2 Å². The van der Waals surface area contributed by atoms with Crippen LogP contribution in [0.15, 0.2) is 204 Å². The Hall–Kier alpha value is -7.21. The van der Waals surface area contributed by atoms with Gasteiger partial charge in [0.25, 0.3) is 0 Å². The maximum Gasteiger partial charge on any atom is 0.137 e. The van der Waals surface area contributed by atoms with E-state index in [4.69, 9.17) is 9.41 Å². The van der Waals surface area contributed by atoms with Crippen LogP contribution in [0.4, 0.5) is 0 Å². The first-order valence-electron chi connectivity index (χ1n) is 19.1. The summed E-state index contributed by atoms with van der Waals surface area (Å²) in [4.78, 5) is 5.29. The van der Waals surface area contributed by atoms with Crippen LogP contribution in [0, 0.1) is 0 Å². The van der Waals surface area contributed by atoms with E-state index in [9.17, 15) is 0 Å². The van der Waals surface area contributed by atoms with Gasteiger partial charge in [-0.1, -0.05) is 152 Å². The fourth-order valence-electron chi connectivity index (χ4n) is 8.37. The number of fused-ring (bicyclic) bond motifs is 7. The van der Waals surface area contributed by atoms with E-state index < -0.39 is 0 Å². The van der Waals surface area contributed by atoms with Gasteiger partial charge in [0.15, 0.2) is 0 Å². The van der Waals surface area contributed by atoms with E-state index in [1.54, 1.807) is 0 Å². The molecule has 0 bridgehead atoms. The summed E-state index contributed by atoms with van der Waals surface area (Å²) in [5.74, 6) is 0.851. The van der Waals surface area contributed by atoms with Gasteiger partial charge in [-0.15, -0.1) is 0 Å². The van der Waals surface area contributed by atoms with Crippen molar-refractivity contribution in [1.29, 1.82) is 0 Å². The molecule has 0 radical (unpaired) electrons. The zero-order chi connectivity index (χ0) is 37.0. The summed E-state index contributed by atoms with van der Waals surface area (Å²) in [6.07, 6.45) is -0.479. The molecule has 5 heteroatoms. The van der Waals surface area contributed by atoms with Crippen molar-refractivity contribution in [2.24, 2.45) is 4.99 Å². The summed E-state index contributed by atoms with van der Waals surface area (Å²) in [5, 5.41) is 12.1. The Morgan fingerprint density at radius 2 is 1.09 bits per heavy atom. The van der Waals surface area contributed by atoms with Crippen molar-refractivity contribution < 1.29 is 4.42 Å². The number of aromatic nitrogens is 1. The van der Waals surface area contributed by atoms with Crippen LogP contribution in [0.25, 0.3) is 71.7 Å². The minimum atomic E-state index is -0.313. The summed E-state index contributed by atoms with van der Waals surface area (Å²) >= 11 is 0. The molecule has 1 aliphatic rings. The number of aliphatic imine (C=N–C) groups is 1. The zero-order valence-electron chi connectivity index (χ0n) is 30.4. The van der Waals surface area contributed by atoms with Crippen molar-refractivity contribution in [3.8, 4) is 27.9 Å². The molecule has 2 aromatic heterocycles. The van der Waals surface area contributed by atoms with E-state index in [2.05, 4.69) is 203 Å². The molecule has 1 aliphatic heterocycles. The lowest BCUT2D eigenvalue weighted by atomic mass is 10.0. The van der Waals surface area contributed by atoms with Crippen LogP contribution in [-0.4, -0.2) is 10.4 Å². The van der Waals surface area contributed by atoms with Gasteiger partial charge in [-0.3, -0.25) is 5.32 Å². The minimum absolute atomic E-state index is 0.166. The van der Waals surface area contributed by atoms with Gasteiger partial charge >= 0.3 is 0 Å². The molecule has 3 heterocycles. The lowest BCUT2D eigenvalue weighted by Crippen LogP contribution is -2.44.